The molecule has 5 heteroatoms. The quantitative estimate of drug-likeness (QED) is 0.775. The minimum atomic E-state index is -0.150. The Balaban J connectivity index is 2.17. The van der Waals surface area contributed by atoms with Crippen molar-refractivity contribution in [3.05, 3.63) is 29.0 Å². The number of ether oxygens (including phenoxy) is 1. The van der Waals surface area contributed by atoms with Crippen LogP contribution in [0.3, 0.4) is 0 Å². The van der Waals surface area contributed by atoms with Gasteiger partial charge in [0, 0.05) is 18.6 Å². The standard InChI is InChI=1S/C15H18Cl2N2O/c1-9(16)15-18-13-5-3-4-12(17)14(13)19(15)10(2)11-6-7-20-8-11/h3-5,9-11H,6-8H2,1-2H3. The molecule has 1 aromatic heterocycles. The first-order chi connectivity index (χ1) is 9.59. The van der Waals surface area contributed by atoms with Gasteiger partial charge >= 0.3 is 0 Å². The third kappa shape index (κ3) is 2.32. The summed E-state index contributed by atoms with van der Waals surface area (Å²) in [4.78, 5) is 4.67. The second kappa shape index (κ2) is 5.55. The van der Waals surface area contributed by atoms with Crippen LogP contribution in [0.4, 0.5) is 0 Å². The third-order valence-corrected chi connectivity index (χ3v) is 4.60. The number of benzene rings is 1. The minimum absolute atomic E-state index is 0.150. The van der Waals surface area contributed by atoms with Gasteiger partial charge in [0.25, 0.3) is 0 Å². The van der Waals surface area contributed by atoms with Crippen LogP contribution in [-0.4, -0.2) is 22.8 Å². The molecule has 0 N–H and O–H groups in total. The topological polar surface area (TPSA) is 27.1 Å². The monoisotopic (exact) mass is 312 g/mol. The lowest BCUT2D eigenvalue weighted by molar-refractivity contribution is 0.175. The molecule has 0 aliphatic carbocycles. The molecule has 3 unspecified atom stereocenters. The SMILES string of the molecule is CC(Cl)c1nc2cccc(Cl)c2n1C(C)C1CCOC1. The number of fused-ring (bicyclic) bond motifs is 1. The fourth-order valence-electron chi connectivity index (χ4n) is 2.96. The molecule has 1 aliphatic heterocycles. The fraction of sp³-hybridized carbons (Fsp3) is 0.533. The van der Waals surface area contributed by atoms with Crippen molar-refractivity contribution in [2.24, 2.45) is 5.92 Å². The molecule has 3 rings (SSSR count). The van der Waals surface area contributed by atoms with E-state index in [1.165, 1.54) is 0 Å². The van der Waals surface area contributed by atoms with Gasteiger partial charge in [0.2, 0.25) is 0 Å². The molecule has 2 aromatic rings. The van der Waals surface area contributed by atoms with E-state index in [-0.39, 0.29) is 11.4 Å². The van der Waals surface area contributed by atoms with Gasteiger partial charge in [-0.1, -0.05) is 17.7 Å². The Morgan fingerprint density at radius 1 is 1.40 bits per heavy atom. The van der Waals surface area contributed by atoms with Gasteiger partial charge < -0.3 is 9.30 Å². The highest BCUT2D eigenvalue weighted by molar-refractivity contribution is 6.35. The van der Waals surface area contributed by atoms with E-state index in [1.807, 2.05) is 25.1 Å². The molecule has 2 heterocycles. The summed E-state index contributed by atoms with van der Waals surface area (Å²) in [6.45, 7) is 5.78. The summed E-state index contributed by atoms with van der Waals surface area (Å²) in [5, 5.41) is 0.576. The van der Waals surface area contributed by atoms with Crippen molar-refractivity contribution in [3.63, 3.8) is 0 Å². The molecular weight excluding hydrogens is 295 g/mol. The third-order valence-electron chi connectivity index (χ3n) is 4.10. The second-order valence-corrected chi connectivity index (χ2v) is 6.49. The molecule has 3 atom stereocenters. The van der Waals surface area contributed by atoms with Gasteiger partial charge in [-0.2, -0.15) is 0 Å². The lowest BCUT2D eigenvalue weighted by Crippen LogP contribution is -2.19. The van der Waals surface area contributed by atoms with Gasteiger partial charge in [0.1, 0.15) is 5.82 Å². The fourth-order valence-corrected chi connectivity index (χ4v) is 3.38. The van der Waals surface area contributed by atoms with E-state index >= 15 is 0 Å². The Labute approximate surface area is 128 Å². The molecule has 0 spiro atoms. The van der Waals surface area contributed by atoms with E-state index in [9.17, 15) is 0 Å². The number of imidazole rings is 1. The lowest BCUT2D eigenvalue weighted by atomic mass is 10.00. The molecule has 3 nitrogen and oxygen atoms in total. The van der Waals surface area contributed by atoms with Crippen molar-refractivity contribution in [2.45, 2.75) is 31.7 Å². The highest BCUT2D eigenvalue weighted by Crippen LogP contribution is 2.36. The summed E-state index contributed by atoms with van der Waals surface area (Å²) in [6.07, 6.45) is 1.07. The number of para-hydroxylation sites is 1. The van der Waals surface area contributed by atoms with Crippen LogP contribution < -0.4 is 0 Å². The van der Waals surface area contributed by atoms with Crippen LogP contribution in [0.2, 0.25) is 5.02 Å². The number of hydrogen-bond acceptors (Lipinski definition) is 2. The molecule has 0 bridgehead atoms. The maximum Gasteiger partial charge on any atom is 0.128 e. The van der Waals surface area contributed by atoms with E-state index in [0.29, 0.717) is 5.92 Å². The van der Waals surface area contributed by atoms with E-state index < -0.39 is 0 Å². The predicted molar refractivity (Wildman–Crippen MR) is 82.6 cm³/mol. The maximum absolute atomic E-state index is 6.40. The Kier molecular flexibility index (Phi) is 3.93. The number of alkyl halides is 1. The van der Waals surface area contributed by atoms with E-state index in [1.54, 1.807) is 0 Å². The van der Waals surface area contributed by atoms with E-state index in [0.717, 1.165) is 41.5 Å². The Bertz CT molecular complexity index is 618. The van der Waals surface area contributed by atoms with Crippen molar-refractivity contribution in [3.8, 4) is 0 Å². The summed E-state index contributed by atoms with van der Waals surface area (Å²) in [6, 6.07) is 6.09. The zero-order chi connectivity index (χ0) is 14.3. The number of halogens is 2. The van der Waals surface area contributed by atoms with Gasteiger partial charge in [-0.05, 0) is 32.4 Å². The zero-order valence-electron chi connectivity index (χ0n) is 11.6. The highest BCUT2D eigenvalue weighted by Gasteiger charge is 2.28. The van der Waals surface area contributed by atoms with Gasteiger partial charge in [-0.3, -0.25) is 0 Å². The first-order valence-electron chi connectivity index (χ1n) is 6.97. The van der Waals surface area contributed by atoms with Gasteiger partial charge in [0.05, 0.1) is 28.0 Å². The predicted octanol–water partition coefficient (Wildman–Crippen LogP) is 4.59. The lowest BCUT2D eigenvalue weighted by Gasteiger charge is -2.23. The van der Waals surface area contributed by atoms with Gasteiger partial charge in [-0.25, -0.2) is 4.98 Å². The van der Waals surface area contributed by atoms with E-state index in [2.05, 4.69) is 16.5 Å². The van der Waals surface area contributed by atoms with Crippen LogP contribution in [0.15, 0.2) is 18.2 Å². The molecule has 108 valence electrons. The number of aromatic nitrogens is 2. The Hall–Kier alpha value is -0.770. The number of rotatable bonds is 3. The van der Waals surface area contributed by atoms with Crippen LogP contribution >= 0.6 is 23.2 Å². The van der Waals surface area contributed by atoms with Gasteiger partial charge in [0.15, 0.2) is 0 Å². The summed E-state index contributed by atoms with van der Waals surface area (Å²) < 4.78 is 7.72. The molecule has 1 fully saturated rings. The van der Waals surface area contributed by atoms with Crippen LogP contribution in [-0.2, 0) is 4.74 Å². The summed E-state index contributed by atoms with van der Waals surface area (Å²) in [7, 11) is 0. The first-order valence-corrected chi connectivity index (χ1v) is 7.79. The Morgan fingerprint density at radius 3 is 2.85 bits per heavy atom. The van der Waals surface area contributed by atoms with E-state index in [4.69, 9.17) is 27.9 Å². The van der Waals surface area contributed by atoms with Crippen molar-refractivity contribution in [2.75, 3.05) is 13.2 Å². The largest absolute Gasteiger partial charge is 0.381 e. The minimum Gasteiger partial charge on any atom is -0.381 e. The average molecular weight is 313 g/mol. The average Bonchev–Trinajstić information content (AvgIpc) is 3.06. The van der Waals surface area contributed by atoms with Crippen LogP contribution in [0.5, 0.6) is 0 Å². The molecule has 0 saturated carbocycles. The highest BCUT2D eigenvalue weighted by atomic mass is 35.5. The van der Waals surface area contributed by atoms with Crippen molar-refractivity contribution < 1.29 is 4.74 Å². The summed E-state index contributed by atoms with van der Waals surface area (Å²) in [5.41, 5.74) is 1.89. The normalized spacial score (nSPS) is 22.3. The summed E-state index contributed by atoms with van der Waals surface area (Å²) in [5.74, 6) is 1.37. The van der Waals surface area contributed by atoms with Crippen LogP contribution in [0.1, 0.15) is 37.5 Å². The van der Waals surface area contributed by atoms with Crippen LogP contribution in [0, 0.1) is 5.92 Å². The second-order valence-electron chi connectivity index (χ2n) is 5.43. The Morgan fingerprint density at radius 2 is 2.20 bits per heavy atom. The first kappa shape index (κ1) is 14.2. The number of nitrogens with zero attached hydrogens (tertiary/aromatic N) is 2. The molecule has 1 saturated heterocycles. The van der Waals surface area contributed by atoms with Crippen molar-refractivity contribution in [1.82, 2.24) is 9.55 Å². The van der Waals surface area contributed by atoms with Crippen LogP contribution in [0.25, 0.3) is 11.0 Å². The molecule has 0 radical (unpaired) electrons. The van der Waals surface area contributed by atoms with Crippen molar-refractivity contribution >= 4 is 34.2 Å². The van der Waals surface area contributed by atoms with Gasteiger partial charge in [-0.15, -0.1) is 11.6 Å². The number of hydrogen-bond donors (Lipinski definition) is 0. The molecule has 20 heavy (non-hydrogen) atoms. The smallest absolute Gasteiger partial charge is 0.128 e. The van der Waals surface area contributed by atoms with Crippen molar-refractivity contribution in [1.29, 1.82) is 0 Å². The molecule has 1 aromatic carbocycles. The molecular formula is C15H18Cl2N2O. The zero-order valence-corrected chi connectivity index (χ0v) is 13.2. The molecule has 1 aliphatic rings. The maximum atomic E-state index is 6.40. The summed E-state index contributed by atoms with van der Waals surface area (Å²) >= 11 is 12.7. The molecule has 0 amide bonds.